The Hall–Kier alpha value is -1.73. The Bertz CT molecular complexity index is 824. The molecule has 0 heterocycles. The van der Waals surface area contributed by atoms with Gasteiger partial charge >= 0.3 is 0 Å². The Morgan fingerprint density at radius 2 is 2.08 bits per heavy atom. The monoisotopic (exact) mass is 438 g/mol. The molecule has 0 aromatic heterocycles. The Kier molecular flexibility index (Phi) is 6.94. The van der Waals surface area contributed by atoms with Crippen LogP contribution < -0.4 is 10.1 Å². The van der Waals surface area contributed by atoms with Gasteiger partial charge in [-0.25, -0.2) is 0 Å². The molecule has 5 nitrogen and oxygen atoms in total. The highest BCUT2D eigenvalue weighted by molar-refractivity contribution is 9.10. The van der Waals surface area contributed by atoms with Crippen molar-refractivity contribution in [3.05, 3.63) is 40.4 Å². The molecule has 0 radical (unpaired) electrons. The van der Waals surface area contributed by atoms with Crippen LogP contribution in [0.2, 0.25) is 0 Å². The van der Waals surface area contributed by atoms with E-state index in [4.69, 9.17) is 4.74 Å². The van der Waals surface area contributed by atoms with Crippen molar-refractivity contribution in [2.45, 2.75) is 31.7 Å². The van der Waals surface area contributed by atoms with E-state index in [9.17, 15) is 4.79 Å². The maximum absolute atomic E-state index is 12.6. The number of benzene rings is 2. The van der Waals surface area contributed by atoms with Crippen molar-refractivity contribution in [1.82, 2.24) is 5.32 Å². The number of nitrogens with zero attached hydrogens (tertiary/aromatic N) is 1. The zero-order valence-corrected chi connectivity index (χ0v) is 17.9. The number of halogens is 1. The third-order valence-electron chi connectivity index (χ3n) is 3.69. The van der Waals surface area contributed by atoms with Crippen LogP contribution >= 0.6 is 27.7 Å². The maximum Gasteiger partial charge on any atom is 0.272 e. The van der Waals surface area contributed by atoms with Crippen LogP contribution in [0.4, 0.5) is 0 Å². The van der Waals surface area contributed by atoms with Gasteiger partial charge in [0.25, 0.3) is 5.91 Å². The Morgan fingerprint density at radius 1 is 1.35 bits per heavy atom. The highest BCUT2D eigenvalue weighted by Gasteiger charge is 2.26. The molecule has 26 heavy (non-hydrogen) atoms. The molecule has 7 heteroatoms. The summed E-state index contributed by atoms with van der Waals surface area (Å²) >= 11 is 4.82. The highest BCUT2D eigenvalue weighted by Crippen LogP contribution is 2.29. The minimum Gasteiger partial charge on any atom is -0.470 e. The molecular formula is C19H23BrN2O3S. The summed E-state index contributed by atoms with van der Waals surface area (Å²) in [4.78, 5) is 17.3. The number of thioether (sulfide) groups is 1. The number of rotatable bonds is 7. The second-order valence-electron chi connectivity index (χ2n) is 6.42. The summed E-state index contributed by atoms with van der Waals surface area (Å²) in [6.07, 6.45) is 3.38. The molecule has 0 bridgehead atoms. The van der Waals surface area contributed by atoms with Gasteiger partial charge in [0.15, 0.2) is 0 Å². The molecule has 0 fully saturated rings. The first-order chi connectivity index (χ1) is 12.3. The molecule has 1 amide bonds. The smallest absolute Gasteiger partial charge is 0.272 e. The summed E-state index contributed by atoms with van der Waals surface area (Å²) in [6.45, 7) is 5.70. The summed E-state index contributed by atoms with van der Waals surface area (Å²) in [6, 6.07) is 10.0. The average molecular weight is 439 g/mol. The molecule has 0 saturated heterocycles. The van der Waals surface area contributed by atoms with E-state index < -0.39 is 11.0 Å². The molecule has 0 aliphatic heterocycles. The van der Waals surface area contributed by atoms with Crippen molar-refractivity contribution in [3.8, 4) is 5.75 Å². The number of amides is 1. The predicted octanol–water partition coefficient (Wildman–Crippen LogP) is 4.51. The van der Waals surface area contributed by atoms with E-state index in [0.717, 1.165) is 20.8 Å². The molecule has 2 aromatic carbocycles. The van der Waals surface area contributed by atoms with Crippen molar-refractivity contribution in [2.24, 2.45) is 5.16 Å². The number of hydrogen-bond acceptors (Lipinski definition) is 5. The van der Waals surface area contributed by atoms with Crippen molar-refractivity contribution in [3.63, 3.8) is 0 Å². The first-order valence-corrected chi connectivity index (χ1v) is 10.1. The van der Waals surface area contributed by atoms with Gasteiger partial charge in [-0.15, -0.1) is 11.8 Å². The van der Waals surface area contributed by atoms with Gasteiger partial charge in [0.1, 0.15) is 12.9 Å². The van der Waals surface area contributed by atoms with Crippen LogP contribution in [0, 0.1) is 6.92 Å². The van der Waals surface area contributed by atoms with Crippen LogP contribution in [0.1, 0.15) is 19.4 Å². The molecule has 2 rings (SSSR count). The van der Waals surface area contributed by atoms with E-state index in [1.165, 1.54) is 18.9 Å². The standard InChI is InChI=1S/C19H23BrN2O3S/c1-12-8-15(10-13-9-14(20)6-7-16(12)13)25-18(26-5)17(23)22-19(2,3)11-21-24-4/h6-11,18H,1-5H3,(H,22,23). The first kappa shape index (κ1) is 20.6. The van der Waals surface area contributed by atoms with Gasteiger partial charge in [0.2, 0.25) is 5.44 Å². The fourth-order valence-corrected chi connectivity index (χ4v) is 3.35. The van der Waals surface area contributed by atoms with E-state index in [-0.39, 0.29) is 5.91 Å². The number of nitrogens with one attached hydrogen (secondary N) is 1. The lowest BCUT2D eigenvalue weighted by Crippen LogP contribution is -2.49. The van der Waals surface area contributed by atoms with Crippen LogP contribution in [0.5, 0.6) is 5.75 Å². The number of hydrogen-bond donors (Lipinski definition) is 1. The minimum absolute atomic E-state index is 0.225. The molecule has 1 unspecified atom stereocenters. The number of aryl methyl sites for hydroxylation is 1. The average Bonchev–Trinajstić information content (AvgIpc) is 2.57. The molecule has 0 aliphatic rings. The Labute approximate surface area is 166 Å². The lowest BCUT2D eigenvalue weighted by atomic mass is 10.1. The summed E-state index contributed by atoms with van der Waals surface area (Å²) in [5.74, 6) is 0.433. The summed E-state index contributed by atoms with van der Waals surface area (Å²) in [5, 5.41) is 8.84. The lowest BCUT2D eigenvalue weighted by molar-refractivity contribution is -0.125. The SMILES string of the molecule is CON=CC(C)(C)NC(=O)C(Oc1cc(C)c2ccc(Br)cc2c1)SC. The molecule has 0 saturated carbocycles. The molecule has 1 N–H and O–H groups in total. The quantitative estimate of drug-likeness (QED) is 0.392. The normalized spacial score (nSPS) is 13.0. The van der Waals surface area contributed by atoms with E-state index in [0.29, 0.717) is 5.75 Å². The van der Waals surface area contributed by atoms with Crippen LogP contribution in [0.3, 0.4) is 0 Å². The van der Waals surface area contributed by atoms with E-state index >= 15 is 0 Å². The third-order valence-corrected chi connectivity index (χ3v) is 4.92. The lowest BCUT2D eigenvalue weighted by Gasteiger charge is -2.24. The largest absolute Gasteiger partial charge is 0.470 e. The summed E-state index contributed by atoms with van der Waals surface area (Å²) < 4.78 is 6.96. The fraction of sp³-hybridized carbons (Fsp3) is 0.368. The third kappa shape index (κ3) is 5.38. The second kappa shape index (κ2) is 8.77. The molecule has 140 valence electrons. The second-order valence-corrected chi connectivity index (χ2v) is 8.23. The summed E-state index contributed by atoms with van der Waals surface area (Å²) in [5.41, 5.74) is -0.221. The number of carbonyl (C=O) groups is 1. The minimum atomic E-state index is -0.672. The van der Waals surface area contributed by atoms with Gasteiger partial charge in [-0.1, -0.05) is 27.2 Å². The van der Waals surface area contributed by atoms with Crippen molar-refractivity contribution < 1.29 is 14.4 Å². The molecule has 1 atom stereocenters. The van der Waals surface area contributed by atoms with Gasteiger partial charge in [0.05, 0.1) is 11.8 Å². The van der Waals surface area contributed by atoms with Crippen molar-refractivity contribution >= 4 is 50.6 Å². The number of oxime groups is 1. The molecular weight excluding hydrogens is 416 g/mol. The number of ether oxygens (including phenoxy) is 1. The number of fused-ring (bicyclic) bond motifs is 1. The first-order valence-electron chi connectivity index (χ1n) is 8.05. The van der Waals surface area contributed by atoms with Gasteiger partial charge in [0, 0.05) is 4.47 Å². The van der Waals surface area contributed by atoms with E-state index in [2.05, 4.69) is 37.3 Å². The maximum atomic E-state index is 12.6. The van der Waals surface area contributed by atoms with Crippen molar-refractivity contribution in [2.75, 3.05) is 13.4 Å². The predicted molar refractivity (Wildman–Crippen MR) is 112 cm³/mol. The fourth-order valence-electron chi connectivity index (χ4n) is 2.49. The van der Waals surface area contributed by atoms with Crippen LogP contribution in [-0.4, -0.2) is 36.5 Å². The zero-order valence-electron chi connectivity index (χ0n) is 15.5. The molecule has 2 aromatic rings. The van der Waals surface area contributed by atoms with Gasteiger partial charge < -0.3 is 14.9 Å². The Morgan fingerprint density at radius 3 is 2.73 bits per heavy atom. The van der Waals surface area contributed by atoms with Crippen LogP contribution in [0.25, 0.3) is 10.8 Å². The molecule has 0 aliphatic carbocycles. The zero-order chi connectivity index (χ0) is 19.3. The van der Waals surface area contributed by atoms with E-state index in [1.807, 2.05) is 51.3 Å². The Balaban J connectivity index is 2.20. The van der Waals surface area contributed by atoms with Gasteiger partial charge in [-0.3, -0.25) is 4.79 Å². The van der Waals surface area contributed by atoms with Gasteiger partial charge in [-0.05, 0) is 67.6 Å². The van der Waals surface area contributed by atoms with Gasteiger partial charge in [-0.2, -0.15) is 0 Å². The molecule has 0 spiro atoms. The number of carbonyl (C=O) groups excluding carboxylic acids is 1. The van der Waals surface area contributed by atoms with Crippen LogP contribution in [-0.2, 0) is 9.63 Å². The topological polar surface area (TPSA) is 59.9 Å². The van der Waals surface area contributed by atoms with Crippen LogP contribution in [0.15, 0.2) is 40.0 Å². The van der Waals surface area contributed by atoms with Crippen molar-refractivity contribution in [1.29, 1.82) is 0 Å². The summed E-state index contributed by atoms with van der Waals surface area (Å²) in [7, 11) is 1.46. The highest BCUT2D eigenvalue weighted by atomic mass is 79.9. The van der Waals surface area contributed by atoms with E-state index in [1.54, 1.807) is 6.21 Å².